The van der Waals surface area contributed by atoms with Gasteiger partial charge in [-0.1, -0.05) is 23.7 Å². The molecule has 0 atom stereocenters. The van der Waals surface area contributed by atoms with E-state index in [-0.39, 0.29) is 11.7 Å². The predicted molar refractivity (Wildman–Crippen MR) is 101 cm³/mol. The average Bonchev–Trinajstić information content (AvgIpc) is 3.09. The van der Waals surface area contributed by atoms with E-state index in [1.165, 1.54) is 18.3 Å². The van der Waals surface area contributed by atoms with E-state index >= 15 is 0 Å². The summed E-state index contributed by atoms with van der Waals surface area (Å²) < 4.78 is 19.9. The van der Waals surface area contributed by atoms with Gasteiger partial charge in [0.15, 0.2) is 0 Å². The molecule has 0 aliphatic heterocycles. The third-order valence-electron chi connectivity index (χ3n) is 4.00. The fraction of sp³-hybridized carbons (Fsp3) is 0.211. The van der Waals surface area contributed by atoms with Gasteiger partial charge in [0.2, 0.25) is 0 Å². The Kier molecular flexibility index (Phi) is 5.41. The van der Waals surface area contributed by atoms with E-state index in [1.54, 1.807) is 43.7 Å². The van der Waals surface area contributed by atoms with Crippen molar-refractivity contribution in [2.45, 2.75) is 27.3 Å². The van der Waals surface area contributed by atoms with Crippen LogP contribution in [-0.4, -0.2) is 21.9 Å². The van der Waals surface area contributed by atoms with Gasteiger partial charge in [-0.15, -0.1) is 0 Å². The molecule has 27 heavy (non-hydrogen) atoms. The second-order valence-electron chi connectivity index (χ2n) is 6.10. The van der Waals surface area contributed by atoms with Crippen LogP contribution in [0.1, 0.15) is 38.7 Å². The SMILES string of the molecule is Cc1cc(C(=O)NN=Cc2c(C)nn(Cc3ccc(F)cc3)c2Cl)c(C)o1. The van der Waals surface area contributed by atoms with E-state index in [0.29, 0.717) is 40.0 Å². The lowest BCUT2D eigenvalue weighted by molar-refractivity contribution is 0.0953. The molecule has 0 fully saturated rings. The molecule has 0 saturated carbocycles. The molecular formula is C19H18ClFN4O2. The van der Waals surface area contributed by atoms with Crippen LogP contribution in [0.15, 0.2) is 39.9 Å². The van der Waals surface area contributed by atoms with Crippen molar-refractivity contribution in [1.29, 1.82) is 0 Å². The number of carbonyl (C=O) groups excluding carboxylic acids is 1. The number of benzene rings is 1. The second kappa shape index (κ2) is 7.75. The average molecular weight is 389 g/mol. The summed E-state index contributed by atoms with van der Waals surface area (Å²) in [7, 11) is 0. The number of halogens is 2. The van der Waals surface area contributed by atoms with E-state index in [0.717, 1.165) is 5.56 Å². The van der Waals surface area contributed by atoms with Crippen LogP contribution in [0, 0.1) is 26.6 Å². The summed E-state index contributed by atoms with van der Waals surface area (Å²) in [5.41, 5.74) is 5.01. The van der Waals surface area contributed by atoms with Gasteiger partial charge in [-0.2, -0.15) is 10.2 Å². The zero-order chi connectivity index (χ0) is 19.6. The summed E-state index contributed by atoms with van der Waals surface area (Å²) in [6.07, 6.45) is 1.45. The van der Waals surface area contributed by atoms with Crippen LogP contribution in [0.4, 0.5) is 4.39 Å². The molecule has 2 heterocycles. The van der Waals surface area contributed by atoms with Crippen LogP contribution >= 0.6 is 11.6 Å². The van der Waals surface area contributed by atoms with E-state index < -0.39 is 0 Å². The van der Waals surface area contributed by atoms with Crippen LogP contribution < -0.4 is 5.43 Å². The number of amides is 1. The Balaban J connectivity index is 1.72. The number of furan rings is 1. The maximum Gasteiger partial charge on any atom is 0.274 e. The number of nitrogens with zero attached hydrogens (tertiary/aromatic N) is 3. The zero-order valence-electron chi connectivity index (χ0n) is 15.1. The van der Waals surface area contributed by atoms with Gasteiger partial charge in [0.1, 0.15) is 22.5 Å². The van der Waals surface area contributed by atoms with Crippen molar-refractivity contribution in [1.82, 2.24) is 15.2 Å². The van der Waals surface area contributed by atoms with Crippen molar-refractivity contribution in [3.05, 3.63) is 75.2 Å². The topological polar surface area (TPSA) is 72.4 Å². The third-order valence-corrected chi connectivity index (χ3v) is 4.40. The molecular weight excluding hydrogens is 371 g/mol. The van der Waals surface area contributed by atoms with Crippen molar-refractivity contribution in [2.75, 3.05) is 0 Å². The first-order valence-corrected chi connectivity index (χ1v) is 8.60. The normalized spacial score (nSPS) is 11.3. The first-order valence-electron chi connectivity index (χ1n) is 8.23. The van der Waals surface area contributed by atoms with Crippen molar-refractivity contribution < 1.29 is 13.6 Å². The smallest absolute Gasteiger partial charge is 0.274 e. The predicted octanol–water partition coefficient (Wildman–Crippen LogP) is 4.01. The highest BCUT2D eigenvalue weighted by molar-refractivity contribution is 6.32. The standard InChI is InChI=1S/C19H18ClFN4O2/c1-11-8-16(13(3)27-11)19(26)23-22-9-17-12(2)24-25(18(17)20)10-14-4-6-15(21)7-5-14/h4-9H,10H2,1-3H3,(H,23,26). The Morgan fingerprint density at radius 3 is 2.67 bits per heavy atom. The minimum absolute atomic E-state index is 0.298. The monoisotopic (exact) mass is 388 g/mol. The largest absolute Gasteiger partial charge is 0.466 e. The quantitative estimate of drug-likeness (QED) is 0.530. The van der Waals surface area contributed by atoms with Gasteiger partial charge in [0, 0.05) is 0 Å². The van der Waals surface area contributed by atoms with Gasteiger partial charge in [-0.3, -0.25) is 4.79 Å². The van der Waals surface area contributed by atoms with Gasteiger partial charge < -0.3 is 4.42 Å². The molecule has 3 aromatic rings. The Bertz CT molecular complexity index is 1010. The Morgan fingerprint density at radius 2 is 2.04 bits per heavy atom. The van der Waals surface area contributed by atoms with Crippen LogP contribution in [-0.2, 0) is 6.54 Å². The highest BCUT2D eigenvalue weighted by Crippen LogP contribution is 2.19. The lowest BCUT2D eigenvalue weighted by atomic mass is 10.2. The Hall–Kier alpha value is -2.93. The van der Waals surface area contributed by atoms with Gasteiger partial charge in [-0.05, 0) is 44.5 Å². The van der Waals surface area contributed by atoms with E-state index in [9.17, 15) is 9.18 Å². The highest BCUT2D eigenvalue weighted by atomic mass is 35.5. The van der Waals surface area contributed by atoms with Crippen molar-refractivity contribution in [3.8, 4) is 0 Å². The molecule has 3 rings (SSSR count). The molecule has 8 heteroatoms. The first-order chi connectivity index (χ1) is 12.8. The highest BCUT2D eigenvalue weighted by Gasteiger charge is 2.14. The third kappa shape index (κ3) is 4.25. The van der Waals surface area contributed by atoms with Gasteiger partial charge in [0.05, 0.1) is 29.6 Å². The van der Waals surface area contributed by atoms with Crippen LogP contribution in [0.25, 0.3) is 0 Å². The number of nitrogens with one attached hydrogen (secondary N) is 1. The molecule has 6 nitrogen and oxygen atoms in total. The number of rotatable bonds is 5. The maximum atomic E-state index is 13.0. The summed E-state index contributed by atoms with van der Waals surface area (Å²) in [6.45, 7) is 5.67. The van der Waals surface area contributed by atoms with Crippen LogP contribution in [0.2, 0.25) is 5.15 Å². The number of hydrazone groups is 1. The summed E-state index contributed by atoms with van der Waals surface area (Å²) in [4.78, 5) is 12.1. The molecule has 0 aliphatic rings. The van der Waals surface area contributed by atoms with Gasteiger partial charge in [-0.25, -0.2) is 14.5 Å². The molecule has 0 radical (unpaired) electrons. The molecule has 0 saturated heterocycles. The summed E-state index contributed by atoms with van der Waals surface area (Å²) in [5, 5.41) is 8.72. The summed E-state index contributed by atoms with van der Waals surface area (Å²) in [6, 6.07) is 7.77. The number of aryl methyl sites for hydroxylation is 3. The minimum Gasteiger partial charge on any atom is -0.466 e. The van der Waals surface area contributed by atoms with Crippen LogP contribution in [0.5, 0.6) is 0 Å². The van der Waals surface area contributed by atoms with Crippen molar-refractivity contribution in [2.24, 2.45) is 5.10 Å². The van der Waals surface area contributed by atoms with E-state index in [1.807, 2.05) is 0 Å². The fourth-order valence-electron chi connectivity index (χ4n) is 2.65. The first kappa shape index (κ1) is 18.8. The molecule has 0 unspecified atom stereocenters. The lowest BCUT2D eigenvalue weighted by Gasteiger charge is -2.03. The number of carbonyl (C=O) groups is 1. The number of hydrogen-bond acceptors (Lipinski definition) is 4. The molecule has 1 aromatic carbocycles. The van der Waals surface area contributed by atoms with Gasteiger partial charge in [0.25, 0.3) is 5.91 Å². The van der Waals surface area contributed by atoms with E-state index in [4.69, 9.17) is 16.0 Å². The van der Waals surface area contributed by atoms with Crippen LogP contribution in [0.3, 0.4) is 0 Å². The molecule has 1 amide bonds. The fourth-order valence-corrected chi connectivity index (χ4v) is 2.94. The molecule has 0 bridgehead atoms. The van der Waals surface area contributed by atoms with Gasteiger partial charge >= 0.3 is 0 Å². The minimum atomic E-state index is -0.368. The molecule has 1 N–H and O–H groups in total. The molecule has 0 spiro atoms. The molecule has 2 aromatic heterocycles. The Labute approximate surface area is 160 Å². The number of aromatic nitrogens is 2. The zero-order valence-corrected chi connectivity index (χ0v) is 15.8. The molecule has 140 valence electrons. The maximum absolute atomic E-state index is 13.0. The summed E-state index contributed by atoms with van der Waals surface area (Å²) in [5.74, 6) is 0.519. The second-order valence-corrected chi connectivity index (χ2v) is 6.46. The van der Waals surface area contributed by atoms with E-state index in [2.05, 4.69) is 15.6 Å². The number of hydrogen-bond donors (Lipinski definition) is 1. The lowest BCUT2D eigenvalue weighted by Crippen LogP contribution is -2.17. The summed E-state index contributed by atoms with van der Waals surface area (Å²) >= 11 is 6.38. The van der Waals surface area contributed by atoms with Crippen molar-refractivity contribution in [3.63, 3.8) is 0 Å². The van der Waals surface area contributed by atoms with Crippen molar-refractivity contribution >= 4 is 23.7 Å². The molecule has 0 aliphatic carbocycles. The Morgan fingerprint density at radius 1 is 1.33 bits per heavy atom.